The van der Waals surface area contributed by atoms with Crippen LogP contribution in [0.2, 0.25) is 0 Å². The van der Waals surface area contributed by atoms with E-state index in [1.54, 1.807) is 13.8 Å². The van der Waals surface area contributed by atoms with Gasteiger partial charge in [0.1, 0.15) is 24.4 Å². The van der Waals surface area contributed by atoms with E-state index in [2.05, 4.69) is 5.32 Å². The summed E-state index contributed by atoms with van der Waals surface area (Å²) in [6.45, 7) is 5.54. The molecule has 25 heavy (non-hydrogen) atoms. The molecular weight excluding hydrogens is 326 g/mol. The fourth-order valence-corrected chi connectivity index (χ4v) is 3.13. The lowest BCUT2D eigenvalue weighted by atomic mass is 9.95. The first-order chi connectivity index (χ1) is 11.9. The molecule has 1 amide bonds. The molecule has 2 fully saturated rings. The maximum Gasteiger partial charge on any atom is 0.217 e. The van der Waals surface area contributed by atoms with Gasteiger partial charge in [-0.25, -0.2) is 0 Å². The third kappa shape index (κ3) is 4.37. The zero-order valence-corrected chi connectivity index (χ0v) is 14.7. The fraction of sp³-hybridized carbons (Fsp3) is 0.611. The van der Waals surface area contributed by atoms with Crippen molar-refractivity contribution in [3.05, 3.63) is 35.9 Å². The lowest BCUT2D eigenvalue weighted by molar-refractivity contribution is -0.369. The highest BCUT2D eigenvalue weighted by Gasteiger charge is 2.51. The van der Waals surface area contributed by atoms with Crippen molar-refractivity contribution in [1.82, 2.24) is 5.32 Å². The number of ether oxygens (including phenoxy) is 4. The third-order valence-corrected chi connectivity index (χ3v) is 4.32. The number of aliphatic hydroxyl groups excluding tert-OH is 1. The zero-order valence-electron chi connectivity index (χ0n) is 14.7. The van der Waals surface area contributed by atoms with Gasteiger partial charge in [0.05, 0.1) is 13.2 Å². The van der Waals surface area contributed by atoms with Crippen LogP contribution in [0.1, 0.15) is 26.3 Å². The molecule has 0 bridgehead atoms. The summed E-state index contributed by atoms with van der Waals surface area (Å²) in [7, 11) is 0. The van der Waals surface area contributed by atoms with Crippen molar-refractivity contribution in [3.63, 3.8) is 0 Å². The second-order valence-electron chi connectivity index (χ2n) is 6.85. The van der Waals surface area contributed by atoms with Crippen molar-refractivity contribution >= 4 is 5.91 Å². The van der Waals surface area contributed by atoms with E-state index in [-0.39, 0.29) is 12.5 Å². The summed E-state index contributed by atoms with van der Waals surface area (Å²) in [6, 6.07) is 8.91. The van der Waals surface area contributed by atoms with Crippen molar-refractivity contribution < 1.29 is 28.8 Å². The molecule has 7 nitrogen and oxygen atoms in total. The highest BCUT2D eigenvalue weighted by Crippen LogP contribution is 2.33. The van der Waals surface area contributed by atoms with E-state index in [1.165, 1.54) is 6.92 Å². The van der Waals surface area contributed by atoms with E-state index >= 15 is 0 Å². The molecule has 2 heterocycles. The van der Waals surface area contributed by atoms with Crippen LogP contribution in [0.4, 0.5) is 0 Å². The molecule has 1 aromatic carbocycles. The molecule has 2 saturated heterocycles. The van der Waals surface area contributed by atoms with E-state index in [4.69, 9.17) is 18.9 Å². The number of hydrogen-bond donors (Lipinski definition) is 2. The van der Waals surface area contributed by atoms with Crippen LogP contribution in [0, 0.1) is 0 Å². The Kier molecular flexibility index (Phi) is 5.41. The molecule has 1 aromatic rings. The molecule has 0 radical (unpaired) electrons. The first kappa shape index (κ1) is 18.3. The van der Waals surface area contributed by atoms with Crippen molar-refractivity contribution in [2.24, 2.45) is 0 Å². The van der Waals surface area contributed by atoms with Crippen LogP contribution in [-0.4, -0.2) is 54.1 Å². The number of carbonyl (C=O) groups is 1. The Balaban J connectivity index is 1.73. The average Bonchev–Trinajstić information content (AvgIpc) is 2.57. The van der Waals surface area contributed by atoms with E-state index in [0.29, 0.717) is 6.61 Å². The standard InChI is InChI=1S/C18H25NO6/c1-11(20)19-14-15(21)16-13(10-23-18(2,3)25-16)24-17(14)22-9-12-7-5-4-6-8-12/h4-8,13-17,21H,9-10H2,1-3H3,(H,19,20)/t13-,14-,15-,16+,17-/m1/s1. The van der Waals surface area contributed by atoms with Gasteiger partial charge in [0.15, 0.2) is 12.1 Å². The van der Waals surface area contributed by atoms with Crippen molar-refractivity contribution in [3.8, 4) is 0 Å². The summed E-state index contributed by atoms with van der Waals surface area (Å²) in [5.74, 6) is -1.09. The summed E-state index contributed by atoms with van der Waals surface area (Å²) in [4.78, 5) is 11.6. The fourth-order valence-electron chi connectivity index (χ4n) is 3.13. The number of aliphatic hydroxyl groups is 1. The summed E-state index contributed by atoms with van der Waals surface area (Å²) in [5, 5.41) is 13.5. The van der Waals surface area contributed by atoms with Gasteiger partial charge in [-0.3, -0.25) is 4.79 Å². The number of hydrogen-bond acceptors (Lipinski definition) is 6. The molecule has 2 aliphatic rings. The van der Waals surface area contributed by atoms with Crippen LogP contribution >= 0.6 is 0 Å². The molecule has 0 spiro atoms. The zero-order chi connectivity index (χ0) is 18.0. The molecule has 0 aliphatic carbocycles. The first-order valence-corrected chi connectivity index (χ1v) is 8.44. The quantitative estimate of drug-likeness (QED) is 0.840. The second-order valence-corrected chi connectivity index (χ2v) is 6.85. The predicted molar refractivity (Wildman–Crippen MR) is 88.4 cm³/mol. The van der Waals surface area contributed by atoms with E-state index in [1.807, 2.05) is 30.3 Å². The Labute approximate surface area is 147 Å². The van der Waals surface area contributed by atoms with Crippen molar-refractivity contribution in [2.75, 3.05) is 6.61 Å². The monoisotopic (exact) mass is 351 g/mol. The van der Waals surface area contributed by atoms with Crippen LogP contribution in [-0.2, 0) is 30.3 Å². The smallest absolute Gasteiger partial charge is 0.217 e. The van der Waals surface area contributed by atoms with Gasteiger partial charge in [-0.05, 0) is 19.4 Å². The van der Waals surface area contributed by atoms with Gasteiger partial charge >= 0.3 is 0 Å². The number of fused-ring (bicyclic) bond motifs is 1. The van der Waals surface area contributed by atoms with Crippen LogP contribution < -0.4 is 5.32 Å². The average molecular weight is 351 g/mol. The minimum atomic E-state index is -0.966. The maximum atomic E-state index is 11.6. The SMILES string of the molecule is CC(=O)N[C@H]1[C@H](OCc2ccccc2)O[C@@H]2COC(C)(C)O[C@@H]2[C@@H]1O. The normalized spacial score (nSPS) is 34.2. The number of carbonyl (C=O) groups excluding carboxylic acids is 1. The first-order valence-electron chi connectivity index (χ1n) is 8.44. The van der Waals surface area contributed by atoms with Crippen LogP contribution in [0.3, 0.4) is 0 Å². The molecule has 0 unspecified atom stereocenters. The number of rotatable bonds is 4. The maximum absolute atomic E-state index is 11.6. The van der Waals surface area contributed by atoms with Crippen molar-refractivity contribution in [1.29, 1.82) is 0 Å². The van der Waals surface area contributed by atoms with Gasteiger partial charge in [0.25, 0.3) is 0 Å². The van der Waals surface area contributed by atoms with Gasteiger partial charge in [-0.2, -0.15) is 0 Å². The highest BCUT2D eigenvalue weighted by atomic mass is 16.8. The number of benzene rings is 1. The summed E-state index contributed by atoms with van der Waals surface area (Å²) in [6.07, 6.45) is -2.83. The van der Waals surface area contributed by atoms with Gasteiger partial charge in [-0.1, -0.05) is 30.3 Å². The van der Waals surface area contributed by atoms with Crippen molar-refractivity contribution in [2.45, 2.75) is 63.8 Å². The predicted octanol–water partition coefficient (Wildman–Crippen LogP) is 0.945. The number of amides is 1. The Hall–Kier alpha value is -1.51. The lowest BCUT2D eigenvalue weighted by Crippen LogP contribution is -2.68. The molecule has 2 aliphatic heterocycles. The molecule has 5 atom stereocenters. The molecule has 3 rings (SSSR count). The van der Waals surface area contributed by atoms with E-state index in [0.717, 1.165) is 5.56 Å². The molecule has 138 valence electrons. The summed E-state index contributed by atoms with van der Waals surface area (Å²) < 4.78 is 23.2. The minimum absolute atomic E-state index is 0.272. The molecule has 7 heteroatoms. The Morgan fingerprint density at radius 2 is 2.08 bits per heavy atom. The second kappa shape index (κ2) is 7.39. The Morgan fingerprint density at radius 1 is 1.36 bits per heavy atom. The van der Waals surface area contributed by atoms with E-state index < -0.39 is 36.4 Å². The molecule has 0 aromatic heterocycles. The van der Waals surface area contributed by atoms with Crippen LogP contribution in [0.15, 0.2) is 30.3 Å². The minimum Gasteiger partial charge on any atom is -0.388 e. The molecular formula is C18H25NO6. The van der Waals surface area contributed by atoms with E-state index in [9.17, 15) is 9.90 Å². The van der Waals surface area contributed by atoms with Crippen LogP contribution in [0.5, 0.6) is 0 Å². The van der Waals surface area contributed by atoms with Gasteiger partial charge in [0, 0.05) is 6.92 Å². The van der Waals surface area contributed by atoms with Gasteiger partial charge in [-0.15, -0.1) is 0 Å². The lowest BCUT2D eigenvalue weighted by Gasteiger charge is -2.49. The van der Waals surface area contributed by atoms with Crippen LogP contribution in [0.25, 0.3) is 0 Å². The third-order valence-electron chi connectivity index (χ3n) is 4.32. The molecule has 0 saturated carbocycles. The summed E-state index contributed by atoms with van der Waals surface area (Å²) >= 11 is 0. The summed E-state index contributed by atoms with van der Waals surface area (Å²) in [5.41, 5.74) is 0.974. The number of nitrogens with one attached hydrogen (secondary N) is 1. The Bertz CT molecular complexity index is 592. The highest BCUT2D eigenvalue weighted by molar-refractivity contribution is 5.73. The van der Waals surface area contributed by atoms with Gasteiger partial charge < -0.3 is 29.4 Å². The molecule has 2 N–H and O–H groups in total. The Morgan fingerprint density at radius 3 is 2.76 bits per heavy atom. The van der Waals surface area contributed by atoms with Gasteiger partial charge in [0.2, 0.25) is 5.91 Å². The largest absolute Gasteiger partial charge is 0.388 e. The topological polar surface area (TPSA) is 86.3 Å².